The van der Waals surface area contributed by atoms with Crippen LogP contribution in [0.3, 0.4) is 0 Å². The third-order valence-corrected chi connectivity index (χ3v) is 8.63. The maximum atomic E-state index is 13.6. The summed E-state index contributed by atoms with van der Waals surface area (Å²) in [5.41, 5.74) is 13.6. The molecule has 40 heavy (non-hydrogen) atoms. The van der Waals surface area contributed by atoms with Crippen LogP contribution in [0.2, 0.25) is 5.02 Å². The smallest absolute Gasteiger partial charge is 0.241 e. The third-order valence-electron chi connectivity index (χ3n) is 6.92. The number of carbonyl (C=O) groups excluding carboxylic acids is 1. The molecule has 0 aromatic heterocycles. The Balaban J connectivity index is 0.00000141. The number of hydrogen-bond acceptors (Lipinski definition) is 5. The molecule has 214 valence electrons. The van der Waals surface area contributed by atoms with Gasteiger partial charge in [-0.25, -0.2) is 8.42 Å². The number of nitrogens with zero attached hydrogens (tertiary/aromatic N) is 1. The maximum absolute atomic E-state index is 13.6. The molecule has 3 aromatic rings. The van der Waals surface area contributed by atoms with E-state index >= 15 is 0 Å². The van der Waals surface area contributed by atoms with E-state index in [1.165, 1.54) is 0 Å². The zero-order valence-electron chi connectivity index (χ0n) is 22.7. The van der Waals surface area contributed by atoms with Crippen LogP contribution in [0.4, 0.5) is 0 Å². The van der Waals surface area contributed by atoms with Gasteiger partial charge in [-0.1, -0.05) is 65.7 Å². The van der Waals surface area contributed by atoms with Crippen LogP contribution in [0.25, 0.3) is 11.1 Å². The van der Waals surface area contributed by atoms with Crippen molar-refractivity contribution in [3.63, 3.8) is 0 Å². The van der Waals surface area contributed by atoms with E-state index in [-0.39, 0.29) is 17.2 Å². The average Bonchev–Trinajstić information content (AvgIpc) is 2.93. The van der Waals surface area contributed by atoms with Gasteiger partial charge in [-0.2, -0.15) is 4.72 Å². The second kappa shape index (κ2) is 14.9. The first-order chi connectivity index (χ1) is 19.2. The summed E-state index contributed by atoms with van der Waals surface area (Å²) in [6.07, 6.45) is 3.74. The Hall–Kier alpha value is -3.24. The molecule has 0 spiro atoms. The number of rotatable bonds is 9. The second-order valence-corrected chi connectivity index (χ2v) is 12.1. The number of hydrogen-bond donors (Lipinski definition) is 4. The number of sulfonamides is 1. The van der Waals surface area contributed by atoms with Crippen molar-refractivity contribution in [3.05, 3.63) is 88.9 Å². The highest BCUT2D eigenvalue weighted by atomic mass is 35.5. The molecular formula is C30H38ClN5O3S. The Labute approximate surface area is 242 Å². The van der Waals surface area contributed by atoms with Gasteiger partial charge in [0.05, 0.1) is 11.2 Å². The van der Waals surface area contributed by atoms with Crippen molar-refractivity contribution in [3.8, 4) is 11.1 Å². The summed E-state index contributed by atoms with van der Waals surface area (Å²) >= 11 is 6.14. The minimum atomic E-state index is -3.98. The Bertz CT molecular complexity index is 1390. The SMILES string of the molecule is Cc1cccc(CC(NS(=O)(=O)c2cccc(-c3cccc(Cl)c3)c2)C(=O)N2CCC(CCN)CC2)c1.N=CN. The summed E-state index contributed by atoms with van der Waals surface area (Å²) < 4.78 is 29.8. The number of piperidine rings is 1. The molecular weight excluding hydrogens is 546 g/mol. The summed E-state index contributed by atoms with van der Waals surface area (Å²) in [4.78, 5) is 15.5. The normalized spacial score (nSPS) is 14.6. The van der Waals surface area contributed by atoms with Crippen LogP contribution in [0.1, 0.15) is 30.4 Å². The van der Waals surface area contributed by atoms with Gasteiger partial charge in [0.2, 0.25) is 15.9 Å². The van der Waals surface area contributed by atoms with Crippen LogP contribution in [0.15, 0.2) is 77.7 Å². The lowest BCUT2D eigenvalue weighted by Crippen LogP contribution is -2.51. The summed E-state index contributed by atoms with van der Waals surface area (Å²) in [6.45, 7) is 3.84. The van der Waals surface area contributed by atoms with Crippen molar-refractivity contribution in [2.75, 3.05) is 19.6 Å². The first-order valence-corrected chi connectivity index (χ1v) is 15.2. The maximum Gasteiger partial charge on any atom is 0.241 e. The highest BCUT2D eigenvalue weighted by Crippen LogP contribution is 2.26. The van der Waals surface area contributed by atoms with Crippen molar-refractivity contribution < 1.29 is 13.2 Å². The van der Waals surface area contributed by atoms with Gasteiger partial charge in [0.15, 0.2) is 0 Å². The molecule has 0 bridgehead atoms. The number of likely N-dealkylation sites (tertiary alicyclic amines) is 1. The molecule has 0 saturated carbocycles. The molecule has 0 radical (unpaired) electrons. The van der Waals surface area contributed by atoms with Gasteiger partial charge >= 0.3 is 0 Å². The Kier molecular flexibility index (Phi) is 11.7. The minimum absolute atomic E-state index is 0.105. The summed E-state index contributed by atoms with van der Waals surface area (Å²) in [5, 5.41) is 6.43. The molecule has 8 nitrogen and oxygen atoms in total. The van der Waals surface area contributed by atoms with Gasteiger partial charge in [0, 0.05) is 18.1 Å². The number of halogens is 1. The van der Waals surface area contributed by atoms with Crippen LogP contribution in [-0.4, -0.2) is 51.2 Å². The van der Waals surface area contributed by atoms with Crippen molar-refractivity contribution in [1.29, 1.82) is 5.41 Å². The van der Waals surface area contributed by atoms with Gasteiger partial charge in [-0.3, -0.25) is 10.2 Å². The largest absolute Gasteiger partial charge is 0.390 e. The van der Waals surface area contributed by atoms with Crippen molar-refractivity contribution in [2.45, 2.75) is 43.5 Å². The Morgan fingerprint density at radius 2 is 1.70 bits per heavy atom. The molecule has 0 aliphatic carbocycles. The van der Waals surface area contributed by atoms with Gasteiger partial charge in [-0.15, -0.1) is 0 Å². The van der Waals surface area contributed by atoms with Gasteiger partial charge in [0.1, 0.15) is 6.04 Å². The summed E-state index contributed by atoms with van der Waals surface area (Å²) in [6, 6.07) is 20.9. The molecule has 6 N–H and O–H groups in total. The highest BCUT2D eigenvalue weighted by Gasteiger charge is 2.32. The molecule has 3 aromatic carbocycles. The van der Waals surface area contributed by atoms with E-state index in [0.717, 1.165) is 47.9 Å². The van der Waals surface area contributed by atoms with Gasteiger partial charge < -0.3 is 16.4 Å². The highest BCUT2D eigenvalue weighted by molar-refractivity contribution is 7.89. The van der Waals surface area contributed by atoms with E-state index in [2.05, 4.69) is 10.5 Å². The molecule has 1 fully saturated rings. The lowest BCUT2D eigenvalue weighted by molar-refractivity contribution is -0.134. The van der Waals surface area contributed by atoms with Crippen LogP contribution in [-0.2, 0) is 21.2 Å². The lowest BCUT2D eigenvalue weighted by Gasteiger charge is -2.34. The number of nitrogens with one attached hydrogen (secondary N) is 2. The molecule has 1 atom stereocenters. The lowest BCUT2D eigenvalue weighted by atomic mass is 9.93. The molecule has 10 heteroatoms. The van der Waals surface area contributed by atoms with Gasteiger partial charge in [-0.05, 0) is 86.0 Å². The van der Waals surface area contributed by atoms with Crippen LogP contribution < -0.4 is 16.2 Å². The van der Waals surface area contributed by atoms with Crippen molar-refractivity contribution in [2.24, 2.45) is 17.4 Å². The quantitative estimate of drug-likeness (QED) is 0.219. The summed E-state index contributed by atoms with van der Waals surface area (Å²) in [7, 11) is -3.98. The fraction of sp³-hybridized carbons (Fsp3) is 0.333. The molecule has 4 rings (SSSR count). The van der Waals surface area contributed by atoms with E-state index in [9.17, 15) is 13.2 Å². The second-order valence-electron chi connectivity index (χ2n) is 9.92. The predicted octanol–water partition coefficient (Wildman–Crippen LogP) is 4.34. The fourth-order valence-electron chi connectivity index (χ4n) is 4.92. The zero-order valence-corrected chi connectivity index (χ0v) is 24.3. The van der Waals surface area contributed by atoms with E-state index in [0.29, 0.717) is 30.6 Å². The standard InChI is InChI=1S/C29H34ClN3O3S.CH4N2/c1-21-5-2-6-23(17-21)18-28(29(34)33-15-12-22(11-14-31)13-16-33)32-37(35,36)27-10-4-8-25(20-27)24-7-3-9-26(30)19-24;2-1-3/h2-10,17,19-20,22,28,32H,11-16,18,31H2,1H3;1H,(H3,2,3). The number of carbonyl (C=O) groups is 1. The topological polar surface area (TPSA) is 142 Å². The third kappa shape index (κ3) is 8.89. The molecule has 1 aliphatic heterocycles. The van der Waals surface area contributed by atoms with E-state index < -0.39 is 16.1 Å². The predicted molar refractivity (Wildman–Crippen MR) is 162 cm³/mol. The molecule has 1 amide bonds. The van der Waals surface area contributed by atoms with E-state index in [1.54, 1.807) is 35.2 Å². The van der Waals surface area contributed by atoms with Crippen molar-refractivity contribution in [1.82, 2.24) is 9.62 Å². The Morgan fingerprint density at radius 1 is 1.07 bits per heavy atom. The zero-order chi connectivity index (χ0) is 29.1. The van der Waals surface area contributed by atoms with E-state index in [1.807, 2.05) is 49.4 Å². The first-order valence-electron chi connectivity index (χ1n) is 13.3. The van der Waals surface area contributed by atoms with Crippen LogP contribution in [0, 0.1) is 18.3 Å². The first kappa shape index (κ1) is 31.3. The minimum Gasteiger partial charge on any atom is -0.390 e. The van der Waals surface area contributed by atoms with Crippen LogP contribution in [0.5, 0.6) is 0 Å². The number of amides is 1. The van der Waals surface area contributed by atoms with Crippen LogP contribution >= 0.6 is 11.6 Å². The number of aryl methyl sites for hydroxylation is 1. The number of nitrogens with two attached hydrogens (primary N) is 2. The monoisotopic (exact) mass is 583 g/mol. The molecule has 1 saturated heterocycles. The Morgan fingerprint density at radius 3 is 2.33 bits per heavy atom. The summed E-state index contributed by atoms with van der Waals surface area (Å²) in [5.74, 6) is 0.317. The average molecular weight is 584 g/mol. The van der Waals surface area contributed by atoms with Crippen molar-refractivity contribution >= 4 is 33.9 Å². The van der Waals surface area contributed by atoms with Gasteiger partial charge in [0.25, 0.3) is 0 Å². The molecule has 1 unspecified atom stereocenters. The molecule has 1 heterocycles. The van der Waals surface area contributed by atoms with E-state index in [4.69, 9.17) is 22.7 Å². The molecule has 1 aliphatic rings. The number of benzene rings is 3. The fourth-order valence-corrected chi connectivity index (χ4v) is 6.34.